The molecule has 1 saturated heterocycles. The lowest BCUT2D eigenvalue weighted by Crippen LogP contribution is -2.11. The van der Waals surface area contributed by atoms with Gasteiger partial charge in [0.15, 0.2) is 12.0 Å². The summed E-state index contributed by atoms with van der Waals surface area (Å²) in [7, 11) is 0. The van der Waals surface area contributed by atoms with Crippen LogP contribution in [-0.2, 0) is 11.3 Å². The number of ether oxygens (including phenoxy) is 1. The minimum absolute atomic E-state index is 0.0566. The lowest BCUT2D eigenvalue weighted by molar-refractivity contribution is 0.101. The average Bonchev–Trinajstić information content (AvgIpc) is 3.08. The van der Waals surface area contributed by atoms with Gasteiger partial charge in [0, 0.05) is 6.61 Å². The maximum atomic E-state index is 11.1. The summed E-state index contributed by atoms with van der Waals surface area (Å²) in [5, 5.41) is 8.02. The number of rotatable bonds is 4. The van der Waals surface area contributed by atoms with Crippen LogP contribution in [0.15, 0.2) is 30.3 Å². The Balaban J connectivity index is 1.92. The first-order valence-corrected chi connectivity index (χ1v) is 6.42. The Morgan fingerprint density at radius 1 is 1.37 bits per heavy atom. The van der Waals surface area contributed by atoms with Gasteiger partial charge in [-0.15, -0.1) is 5.10 Å². The molecule has 0 amide bonds. The van der Waals surface area contributed by atoms with Gasteiger partial charge in [0.25, 0.3) is 0 Å². The smallest absolute Gasteiger partial charge is 0.172 e. The van der Waals surface area contributed by atoms with Gasteiger partial charge in [-0.2, -0.15) is 0 Å². The van der Waals surface area contributed by atoms with Gasteiger partial charge in [-0.05, 0) is 18.4 Å². The molecule has 19 heavy (non-hydrogen) atoms. The Bertz CT molecular complexity index is 559. The van der Waals surface area contributed by atoms with Gasteiger partial charge in [-0.3, -0.25) is 4.79 Å². The molecule has 1 unspecified atom stereocenters. The lowest BCUT2D eigenvalue weighted by Gasteiger charge is -2.12. The molecule has 0 bridgehead atoms. The predicted molar refractivity (Wildman–Crippen MR) is 68.9 cm³/mol. The zero-order valence-corrected chi connectivity index (χ0v) is 10.5. The summed E-state index contributed by atoms with van der Waals surface area (Å²) < 4.78 is 7.43. The quantitative estimate of drug-likeness (QED) is 0.786. The van der Waals surface area contributed by atoms with Gasteiger partial charge in [0.1, 0.15) is 6.10 Å². The van der Waals surface area contributed by atoms with Crippen LogP contribution >= 0.6 is 0 Å². The van der Waals surface area contributed by atoms with Crippen LogP contribution in [0.3, 0.4) is 0 Å². The topological polar surface area (TPSA) is 57.0 Å². The Morgan fingerprint density at radius 2 is 2.21 bits per heavy atom. The molecule has 0 saturated carbocycles. The van der Waals surface area contributed by atoms with E-state index in [0.29, 0.717) is 12.2 Å². The summed E-state index contributed by atoms with van der Waals surface area (Å²) in [5.41, 5.74) is 2.32. The molecule has 0 aliphatic carbocycles. The number of aldehydes is 1. The first-order chi connectivity index (χ1) is 9.38. The maximum absolute atomic E-state index is 11.1. The Labute approximate surface area is 111 Å². The highest BCUT2D eigenvalue weighted by Gasteiger charge is 2.26. The summed E-state index contributed by atoms with van der Waals surface area (Å²) in [5.74, 6) is 0. The molecule has 3 rings (SSSR count). The molecule has 1 aromatic carbocycles. The van der Waals surface area contributed by atoms with Crippen LogP contribution in [0.4, 0.5) is 0 Å². The third-order valence-electron chi connectivity index (χ3n) is 3.32. The average molecular weight is 257 g/mol. The van der Waals surface area contributed by atoms with Gasteiger partial charge >= 0.3 is 0 Å². The second-order valence-electron chi connectivity index (χ2n) is 4.62. The molecule has 1 aliphatic heterocycles. The van der Waals surface area contributed by atoms with E-state index in [9.17, 15) is 4.79 Å². The van der Waals surface area contributed by atoms with E-state index in [-0.39, 0.29) is 6.10 Å². The minimum atomic E-state index is -0.0566. The monoisotopic (exact) mass is 257 g/mol. The molecule has 1 aliphatic rings. The van der Waals surface area contributed by atoms with E-state index in [1.54, 1.807) is 4.68 Å². The van der Waals surface area contributed by atoms with Crippen LogP contribution in [0, 0.1) is 0 Å². The van der Waals surface area contributed by atoms with Crippen molar-refractivity contribution >= 4 is 6.29 Å². The SMILES string of the molecule is O=Cc1nnn(Cc2ccccc2)c1C1CCCO1. The Hall–Kier alpha value is -2.01. The fourth-order valence-electron chi connectivity index (χ4n) is 2.42. The fourth-order valence-corrected chi connectivity index (χ4v) is 2.42. The largest absolute Gasteiger partial charge is 0.372 e. The molecule has 5 heteroatoms. The van der Waals surface area contributed by atoms with Crippen LogP contribution in [0.2, 0.25) is 0 Å². The van der Waals surface area contributed by atoms with E-state index in [0.717, 1.165) is 37.0 Å². The fraction of sp³-hybridized carbons (Fsp3) is 0.357. The number of hydrogen-bond acceptors (Lipinski definition) is 4. The number of nitrogens with zero attached hydrogens (tertiary/aromatic N) is 3. The molecule has 2 aromatic rings. The summed E-state index contributed by atoms with van der Waals surface area (Å²) >= 11 is 0. The van der Waals surface area contributed by atoms with E-state index < -0.39 is 0 Å². The zero-order valence-electron chi connectivity index (χ0n) is 10.5. The molecule has 0 N–H and O–H groups in total. The van der Waals surface area contributed by atoms with Crippen LogP contribution in [0.1, 0.15) is 40.7 Å². The Kier molecular flexibility index (Phi) is 3.37. The molecular weight excluding hydrogens is 242 g/mol. The van der Waals surface area contributed by atoms with Gasteiger partial charge in [0.2, 0.25) is 0 Å². The molecule has 1 aromatic heterocycles. The van der Waals surface area contributed by atoms with Crippen molar-refractivity contribution in [2.24, 2.45) is 0 Å². The highest BCUT2D eigenvalue weighted by molar-refractivity contribution is 5.73. The molecule has 98 valence electrons. The normalized spacial score (nSPS) is 18.6. The molecule has 0 spiro atoms. The molecule has 5 nitrogen and oxygen atoms in total. The summed E-state index contributed by atoms with van der Waals surface area (Å²) in [6, 6.07) is 10.0. The van der Waals surface area contributed by atoms with Crippen molar-refractivity contribution < 1.29 is 9.53 Å². The van der Waals surface area contributed by atoms with Gasteiger partial charge in [0.05, 0.1) is 12.2 Å². The van der Waals surface area contributed by atoms with Gasteiger partial charge in [-0.25, -0.2) is 4.68 Å². The van der Waals surface area contributed by atoms with Crippen LogP contribution in [0.25, 0.3) is 0 Å². The third-order valence-corrected chi connectivity index (χ3v) is 3.32. The highest BCUT2D eigenvalue weighted by Crippen LogP contribution is 2.29. The second-order valence-corrected chi connectivity index (χ2v) is 4.62. The van der Waals surface area contributed by atoms with Crippen molar-refractivity contribution in [3.05, 3.63) is 47.3 Å². The molecular formula is C14H15N3O2. The number of carbonyl (C=O) groups excluding carboxylic acids is 1. The summed E-state index contributed by atoms with van der Waals surface area (Å²) in [4.78, 5) is 11.1. The minimum Gasteiger partial charge on any atom is -0.372 e. The third kappa shape index (κ3) is 2.42. The van der Waals surface area contributed by atoms with E-state index in [2.05, 4.69) is 10.3 Å². The number of hydrogen-bond donors (Lipinski definition) is 0. The van der Waals surface area contributed by atoms with Crippen molar-refractivity contribution in [3.8, 4) is 0 Å². The molecule has 0 radical (unpaired) electrons. The Morgan fingerprint density at radius 3 is 2.89 bits per heavy atom. The standard InChI is InChI=1S/C14H15N3O2/c18-10-12-14(13-7-4-8-19-13)17(16-15-12)9-11-5-2-1-3-6-11/h1-3,5-6,10,13H,4,7-9H2. The number of aromatic nitrogens is 3. The van der Waals surface area contributed by atoms with Crippen molar-refractivity contribution in [3.63, 3.8) is 0 Å². The zero-order chi connectivity index (χ0) is 13.1. The van der Waals surface area contributed by atoms with Gasteiger partial charge < -0.3 is 4.74 Å². The van der Waals surface area contributed by atoms with Crippen LogP contribution in [0.5, 0.6) is 0 Å². The summed E-state index contributed by atoms with van der Waals surface area (Å²) in [6.45, 7) is 1.34. The van der Waals surface area contributed by atoms with E-state index in [1.807, 2.05) is 30.3 Å². The van der Waals surface area contributed by atoms with E-state index >= 15 is 0 Å². The highest BCUT2D eigenvalue weighted by atomic mass is 16.5. The first kappa shape index (κ1) is 12.0. The molecule has 2 heterocycles. The van der Waals surface area contributed by atoms with Crippen molar-refractivity contribution in [2.45, 2.75) is 25.5 Å². The second kappa shape index (κ2) is 5.32. The number of carbonyl (C=O) groups is 1. The summed E-state index contributed by atoms with van der Waals surface area (Å²) in [6.07, 6.45) is 2.63. The van der Waals surface area contributed by atoms with Crippen LogP contribution < -0.4 is 0 Å². The lowest BCUT2D eigenvalue weighted by atomic mass is 10.1. The van der Waals surface area contributed by atoms with Crippen LogP contribution in [-0.4, -0.2) is 27.9 Å². The number of benzene rings is 1. The van der Waals surface area contributed by atoms with Crippen molar-refractivity contribution in [1.29, 1.82) is 0 Å². The molecule has 1 atom stereocenters. The molecule has 1 fully saturated rings. The predicted octanol–water partition coefficient (Wildman–Crippen LogP) is 1.99. The van der Waals surface area contributed by atoms with Crippen molar-refractivity contribution in [1.82, 2.24) is 15.0 Å². The van der Waals surface area contributed by atoms with E-state index in [4.69, 9.17) is 4.74 Å². The van der Waals surface area contributed by atoms with Crippen molar-refractivity contribution in [2.75, 3.05) is 6.61 Å². The van der Waals surface area contributed by atoms with Gasteiger partial charge in [-0.1, -0.05) is 35.5 Å². The first-order valence-electron chi connectivity index (χ1n) is 6.42. The maximum Gasteiger partial charge on any atom is 0.172 e. The van der Waals surface area contributed by atoms with E-state index in [1.165, 1.54) is 0 Å².